The predicted molar refractivity (Wildman–Crippen MR) is 80.3 cm³/mol. The lowest BCUT2D eigenvalue weighted by Gasteiger charge is -2.13. The molecule has 0 unspecified atom stereocenters. The summed E-state index contributed by atoms with van der Waals surface area (Å²) >= 11 is 0. The SMILES string of the molecule is COc1ccc(OC)c(NC(=O)CCS(=O)(=O)N(C)C)c1. The Labute approximate surface area is 124 Å². The van der Waals surface area contributed by atoms with Crippen LogP contribution in [-0.2, 0) is 14.8 Å². The van der Waals surface area contributed by atoms with E-state index in [1.165, 1.54) is 28.3 Å². The van der Waals surface area contributed by atoms with E-state index in [0.29, 0.717) is 17.2 Å². The van der Waals surface area contributed by atoms with Crippen LogP contribution in [0.1, 0.15) is 6.42 Å². The standard InChI is InChI=1S/C13H20N2O5S/c1-15(2)21(17,18)8-7-13(16)14-11-9-10(19-3)5-6-12(11)20-4/h5-6,9H,7-8H2,1-4H3,(H,14,16). The van der Waals surface area contributed by atoms with Gasteiger partial charge in [0.1, 0.15) is 11.5 Å². The number of hydrogen-bond acceptors (Lipinski definition) is 5. The normalized spacial score (nSPS) is 11.3. The van der Waals surface area contributed by atoms with Crippen LogP contribution >= 0.6 is 0 Å². The third-order valence-corrected chi connectivity index (χ3v) is 4.66. The molecule has 0 atom stereocenters. The van der Waals surface area contributed by atoms with Gasteiger partial charge in [0, 0.05) is 26.6 Å². The molecule has 0 aliphatic heterocycles. The number of rotatable bonds is 7. The first-order chi connectivity index (χ1) is 9.80. The number of anilines is 1. The zero-order valence-electron chi connectivity index (χ0n) is 12.5. The van der Waals surface area contributed by atoms with Gasteiger partial charge in [-0.05, 0) is 12.1 Å². The third-order valence-electron chi connectivity index (χ3n) is 2.82. The van der Waals surface area contributed by atoms with Crippen LogP contribution in [0.25, 0.3) is 0 Å². The van der Waals surface area contributed by atoms with Gasteiger partial charge in [0.05, 0.1) is 25.7 Å². The molecule has 1 aromatic rings. The van der Waals surface area contributed by atoms with E-state index < -0.39 is 15.9 Å². The number of carbonyl (C=O) groups is 1. The van der Waals surface area contributed by atoms with Gasteiger partial charge < -0.3 is 14.8 Å². The summed E-state index contributed by atoms with van der Waals surface area (Å²) < 4.78 is 34.5. The van der Waals surface area contributed by atoms with Gasteiger partial charge in [0.15, 0.2) is 0 Å². The van der Waals surface area contributed by atoms with E-state index in [2.05, 4.69) is 5.32 Å². The van der Waals surface area contributed by atoms with Crippen LogP contribution in [-0.4, -0.2) is 52.7 Å². The minimum atomic E-state index is -3.40. The Bertz CT molecular complexity index is 599. The molecule has 0 aliphatic carbocycles. The summed E-state index contributed by atoms with van der Waals surface area (Å²) in [5, 5.41) is 2.62. The van der Waals surface area contributed by atoms with Gasteiger partial charge in [-0.2, -0.15) is 0 Å². The van der Waals surface area contributed by atoms with Crippen LogP contribution in [0.4, 0.5) is 5.69 Å². The summed E-state index contributed by atoms with van der Waals surface area (Å²) in [6.07, 6.45) is -0.138. The van der Waals surface area contributed by atoms with Crippen LogP contribution in [0.2, 0.25) is 0 Å². The maximum atomic E-state index is 11.9. The molecule has 0 aliphatic rings. The van der Waals surface area contributed by atoms with Gasteiger partial charge in [0.2, 0.25) is 15.9 Å². The Hall–Kier alpha value is -1.80. The Morgan fingerprint density at radius 2 is 1.90 bits per heavy atom. The molecule has 7 nitrogen and oxygen atoms in total. The summed E-state index contributed by atoms with van der Waals surface area (Å²) in [5.74, 6) is 0.372. The van der Waals surface area contributed by atoms with Crippen molar-refractivity contribution >= 4 is 21.6 Å². The summed E-state index contributed by atoms with van der Waals surface area (Å²) in [7, 11) is 2.45. The monoisotopic (exact) mass is 316 g/mol. The molecule has 1 rings (SSSR count). The highest BCUT2D eigenvalue weighted by molar-refractivity contribution is 7.89. The predicted octanol–water partition coefficient (Wildman–Crippen LogP) is 0.924. The van der Waals surface area contributed by atoms with Crippen LogP contribution in [0.5, 0.6) is 11.5 Å². The highest BCUT2D eigenvalue weighted by Crippen LogP contribution is 2.28. The average molecular weight is 316 g/mol. The topological polar surface area (TPSA) is 84.9 Å². The molecule has 0 saturated carbocycles. The number of methoxy groups -OCH3 is 2. The van der Waals surface area contributed by atoms with Gasteiger partial charge in [-0.3, -0.25) is 4.79 Å². The van der Waals surface area contributed by atoms with Gasteiger partial charge in [-0.1, -0.05) is 0 Å². The Balaban J connectivity index is 2.75. The average Bonchev–Trinajstić information content (AvgIpc) is 2.45. The van der Waals surface area contributed by atoms with Crippen LogP contribution in [0, 0.1) is 0 Å². The van der Waals surface area contributed by atoms with Crippen molar-refractivity contribution in [3.05, 3.63) is 18.2 Å². The number of amides is 1. The molecular formula is C13H20N2O5S. The second-order valence-corrected chi connectivity index (χ2v) is 6.77. The van der Waals surface area contributed by atoms with Crippen molar-refractivity contribution in [2.24, 2.45) is 0 Å². The fourth-order valence-electron chi connectivity index (χ4n) is 1.53. The van der Waals surface area contributed by atoms with E-state index in [9.17, 15) is 13.2 Å². The van der Waals surface area contributed by atoms with Crippen molar-refractivity contribution in [1.29, 1.82) is 0 Å². The number of benzene rings is 1. The largest absolute Gasteiger partial charge is 0.497 e. The lowest BCUT2D eigenvalue weighted by atomic mass is 10.2. The van der Waals surface area contributed by atoms with Gasteiger partial charge >= 0.3 is 0 Å². The van der Waals surface area contributed by atoms with E-state index in [4.69, 9.17) is 9.47 Å². The minimum absolute atomic E-state index is 0.138. The summed E-state index contributed by atoms with van der Waals surface area (Å²) in [6, 6.07) is 4.97. The van der Waals surface area contributed by atoms with Gasteiger partial charge in [0.25, 0.3) is 0 Å². The molecule has 1 amide bonds. The quantitative estimate of drug-likeness (QED) is 0.808. The van der Waals surface area contributed by atoms with Gasteiger partial charge in [-0.15, -0.1) is 0 Å². The molecule has 8 heteroatoms. The molecule has 0 aromatic heterocycles. The zero-order valence-corrected chi connectivity index (χ0v) is 13.4. The number of nitrogens with one attached hydrogen (secondary N) is 1. The fraction of sp³-hybridized carbons (Fsp3) is 0.462. The van der Waals surface area contributed by atoms with Crippen molar-refractivity contribution in [3.63, 3.8) is 0 Å². The van der Waals surface area contributed by atoms with Crippen molar-refractivity contribution < 1.29 is 22.7 Å². The molecule has 0 spiro atoms. The number of hydrogen-bond donors (Lipinski definition) is 1. The maximum absolute atomic E-state index is 11.9. The van der Waals surface area contributed by atoms with E-state index in [-0.39, 0.29) is 12.2 Å². The first-order valence-electron chi connectivity index (χ1n) is 6.22. The number of carbonyl (C=O) groups excluding carboxylic acids is 1. The van der Waals surface area contributed by atoms with Crippen molar-refractivity contribution in [3.8, 4) is 11.5 Å². The Morgan fingerprint density at radius 1 is 1.24 bits per heavy atom. The highest BCUT2D eigenvalue weighted by Gasteiger charge is 2.16. The highest BCUT2D eigenvalue weighted by atomic mass is 32.2. The molecule has 0 radical (unpaired) electrons. The zero-order chi connectivity index (χ0) is 16.0. The van der Waals surface area contributed by atoms with Crippen molar-refractivity contribution in [2.45, 2.75) is 6.42 Å². The Kier molecular flexibility index (Phi) is 5.98. The van der Waals surface area contributed by atoms with E-state index in [1.807, 2.05) is 0 Å². The first kappa shape index (κ1) is 17.3. The molecule has 0 saturated heterocycles. The number of ether oxygens (including phenoxy) is 2. The van der Waals surface area contributed by atoms with Crippen molar-refractivity contribution in [1.82, 2.24) is 4.31 Å². The molecule has 21 heavy (non-hydrogen) atoms. The third kappa shape index (κ3) is 4.91. The summed E-state index contributed by atoms with van der Waals surface area (Å²) in [4.78, 5) is 11.9. The maximum Gasteiger partial charge on any atom is 0.225 e. The first-order valence-corrected chi connectivity index (χ1v) is 7.83. The van der Waals surface area contributed by atoms with Crippen LogP contribution in [0.15, 0.2) is 18.2 Å². The molecule has 1 aromatic carbocycles. The smallest absolute Gasteiger partial charge is 0.225 e. The van der Waals surface area contributed by atoms with Gasteiger partial charge in [-0.25, -0.2) is 12.7 Å². The van der Waals surface area contributed by atoms with E-state index >= 15 is 0 Å². The fourth-order valence-corrected chi connectivity index (χ4v) is 2.34. The van der Waals surface area contributed by atoms with E-state index in [0.717, 1.165) is 4.31 Å². The summed E-state index contributed by atoms with van der Waals surface area (Å²) in [5.41, 5.74) is 0.434. The molecule has 0 bridgehead atoms. The molecule has 0 fully saturated rings. The summed E-state index contributed by atoms with van der Waals surface area (Å²) in [6.45, 7) is 0. The van der Waals surface area contributed by atoms with Crippen molar-refractivity contribution in [2.75, 3.05) is 39.4 Å². The lowest BCUT2D eigenvalue weighted by molar-refractivity contribution is -0.115. The Morgan fingerprint density at radius 3 is 2.43 bits per heavy atom. The lowest BCUT2D eigenvalue weighted by Crippen LogP contribution is -2.27. The van der Waals surface area contributed by atoms with Crippen LogP contribution in [0.3, 0.4) is 0 Å². The second-order valence-electron chi connectivity index (χ2n) is 4.46. The minimum Gasteiger partial charge on any atom is -0.497 e. The van der Waals surface area contributed by atoms with E-state index in [1.54, 1.807) is 18.2 Å². The molecular weight excluding hydrogens is 296 g/mol. The molecule has 0 heterocycles. The second kappa shape index (κ2) is 7.28. The number of nitrogens with zero attached hydrogens (tertiary/aromatic N) is 1. The number of sulfonamides is 1. The molecule has 118 valence electrons. The molecule has 1 N–H and O–H groups in total. The van der Waals surface area contributed by atoms with Crippen LogP contribution < -0.4 is 14.8 Å².